The molecule has 5 nitrogen and oxygen atoms in total. The van der Waals surface area contributed by atoms with Crippen molar-refractivity contribution >= 4 is 29.2 Å². The van der Waals surface area contributed by atoms with E-state index in [9.17, 15) is 9.90 Å². The van der Waals surface area contributed by atoms with E-state index in [0.29, 0.717) is 21.6 Å². The van der Waals surface area contributed by atoms with Crippen LogP contribution in [0, 0.1) is 13.8 Å². The zero-order chi connectivity index (χ0) is 18.1. The maximum Gasteiger partial charge on any atom is 0.354 e. The lowest BCUT2D eigenvalue weighted by molar-refractivity contribution is 0.0685. The third-order valence-corrected chi connectivity index (χ3v) is 4.42. The van der Waals surface area contributed by atoms with Crippen molar-refractivity contribution in [2.45, 2.75) is 20.4 Å². The third kappa shape index (κ3) is 3.52. The molecule has 128 valence electrons. The van der Waals surface area contributed by atoms with Crippen molar-refractivity contribution in [1.82, 2.24) is 14.5 Å². The summed E-state index contributed by atoms with van der Waals surface area (Å²) in [7, 11) is 0. The molecule has 3 rings (SSSR count). The summed E-state index contributed by atoms with van der Waals surface area (Å²) in [4.78, 5) is 20.4. The van der Waals surface area contributed by atoms with E-state index in [1.165, 1.54) is 0 Å². The molecule has 25 heavy (non-hydrogen) atoms. The maximum absolute atomic E-state index is 11.8. The second-order valence-corrected chi connectivity index (χ2v) is 6.59. The lowest BCUT2D eigenvalue weighted by Gasteiger charge is -2.12. The van der Waals surface area contributed by atoms with Gasteiger partial charge >= 0.3 is 5.97 Å². The number of carboxylic acid groups (broad SMARTS) is 1. The number of pyridine rings is 1. The molecule has 3 aromatic rings. The minimum absolute atomic E-state index is 0.118. The Morgan fingerprint density at radius 1 is 1.20 bits per heavy atom. The van der Waals surface area contributed by atoms with E-state index in [1.54, 1.807) is 42.1 Å². The van der Waals surface area contributed by atoms with Crippen molar-refractivity contribution < 1.29 is 9.90 Å². The number of aromatic carboxylic acids is 1. The van der Waals surface area contributed by atoms with Crippen LogP contribution < -0.4 is 0 Å². The number of carboxylic acids is 1. The van der Waals surface area contributed by atoms with Gasteiger partial charge in [0.15, 0.2) is 5.69 Å². The molecule has 2 heterocycles. The first-order valence-electron chi connectivity index (χ1n) is 7.53. The number of hydrogen-bond donors (Lipinski definition) is 1. The number of imidazole rings is 1. The molecule has 1 N–H and O–H groups in total. The first-order valence-corrected chi connectivity index (χ1v) is 8.28. The summed E-state index contributed by atoms with van der Waals surface area (Å²) in [5, 5.41) is 10.7. The summed E-state index contributed by atoms with van der Waals surface area (Å²) in [6.07, 6.45) is 3.39. The molecular formula is C18H15Cl2N3O2. The summed E-state index contributed by atoms with van der Waals surface area (Å²) in [5.74, 6) is -0.517. The van der Waals surface area contributed by atoms with Gasteiger partial charge in [0.05, 0.1) is 12.2 Å². The van der Waals surface area contributed by atoms with E-state index in [4.69, 9.17) is 23.2 Å². The molecule has 0 saturated carbocycles. The van der Waals surface area contributed by atoms with Crippen molar-refractivity contribution in [1.29, 1.82) is 0 Å². The molecule has 0 bridgehead atoms. The van der Waals surface area contributed by atoms with Gasteiger partial charge in [0, 0.05) is 28.0 Å². The predicted molar refractivity (Wildman–Crippen MR) is 97.5 cm³/mol. The van der Waals surface area contributed by atoms with Crippen LogP contribution in [0.4, 0.5) is 0 Å². The van der Waals surface area contributed by atoms with Crippen LogP contribution in [-0.2, 0) is 6.54 Å². The average Bonchev–Trinajstić information content (AvgIpc) is 2.87. The van der Waals surface area contributed by atoms with Crippen LogP contribution in [-0.4, -0.2) is 25.6 Å². The Bertz CT molecular complexity index is 967. The molecule has 0 unspecified atom stereocenters. The highest BCUT2D eigenvalue weighted by Crippen LogP contribution is 2.27. The van der Waals surface area contributed by atoms with Gasteiger partial charge in [-0.15, -0.1) is 0 Å². The molecule has 0 atom stereocenters. The van der Waals surface area contributed by atoms with Crippen LogP contribution in [0.1, 0.15) is 27.3 Å². The topological polar surface area (TPSA) is 68.0 Å². The fourth-order valence-corrected chi connectivity index (χ4v) is 3.10. The summed E-state index contributed by atoms with van der Waals surface area (Å²) in [5.41, 5.74) is 2.97. The van der Waals surface area contributed by atoms with Crippen molar-refractivity contribution in [2.24, 2.45) is 0 Å². The monoisotopic (exact) mass is 375 g/mol. The molecule has 0 spiro atoms. The standard InChI is InChI=1S/C18H15Cl2N3O2/c1-10-5-12(8-21-7-10)17-22-11(2)16(18(24)25)23(17)9-13-6-14(19)3-4-15(13)20/h3-8H,9H2,1-2H3,(H,24,25). The number of nitrogens with zero attached hydrogens (tertiary/aromatic N) is 3. The highest BCUT2D eigenvalue weighted by atomic mass is 35.5. The van der Waals surface area contributed by atoms with E-state index in [2.05, 4.69) is 9.97 Å². The van der Waals surface area contributed by atoms with Crippen LogP contribution in [0.3, 0.4) is 0 Å². The van der Waals surface area contributed by atoms with Crippen molar-refractivity contribution in [2.75, 3.05) is 0 Å². The van der Waals surface area contributed by atoms with E-state index < -0.39 is 5.97 Å². The van der Waals surface area contributed by atoms with Gasteiger partial charge in [-0.3, -0.25) is 4.98 Å². The molecule has 0 aliphatic rings. The van der Waals surface area contributed by atoms with Gasteiger partial charge in [0.2, 0.25) is 0 Å². The second kappa shape index (κ2) is 6.86. The molecule has 0 aliphatic carbocycles. The van der Waals surface area contributed by atoms with Crippen LogP contribution in [0.5, 0.6) is 0 Å². The summed E-state index contributed by atoms with van der Waals surface area (Å²) < 4.78 is 1.63. The summed E-state index contributed by atoms with van der Waals surface area (Å²) in [6.45, 7) is 3.83. The Morgan fingerprint density at radius 3 is 2.64 bits per heavy atom. The Kier molecular flexibility index (Phi) is 4.79. The Balaban J connectivity index is 2.19. The lowest BCUT2D eigenvalue weighted by atomic mass is 10.2. The number of rotatable bonds is 4. The Morgan fingerprint density at radius 2 is 1.96 bits per heavy atom. The van der Waals surface area contributed by atoms with Gasteiger partial charge in [-0.1, -0.05) is 23.2 Å². The SMILES string of the molecule is Cc1cncc(-c2nc(C)c(C(=O)O)n2Cc2cc(Cl)ccc2Cl)c1. The van der Waals surface area contributed by atoms with Gasteiger partial charge in [-0.2, -0.15) is 0 Å². The van der Waals surface area contributed by atoms with E-state index in [-0.39, 0.29) is 12.2 Å². The highest BCUT2D eigenvalue weighted by molar-refractivity contribution is 6.33. The van der Waals surface area contributed by atoms with Crippen LogP contribution in [0.2, 0.25) is 10.0 Å². The van der Waals surface area contributed by atoms with Gasteiger partial charge in [0.1, 0.15) is 5.82 Å². The van der Waals surface area contributed by atoms with E-state index >= 15 is 0 Å². The van der Waals surface area contributed by atoms with Crippen LogP contribution in [0.15, 0.2) is 36.7 Å². The predicted octanol–water partition coefficient (Wildman–Crippen LogP) is 4.62. The van der Waals surface area contributed by atoms with Gasteiger partial charge in [-0.05, 0) is 49.2 Å². The summed E-state index contributed by atoms with van der Waals surface area (Å²) in [6, 6.07) is 7.02. The Labute approximate surface area is 154 Å². The molecule has 2 aromatic heterocycles. The first kappa shape index (κ1) is 17.5. The average molecular weight is 376 g/mol. The number of halogens is 2. The number of hydrogen-bond acceptors (Lipinski definition) is 3. The minimum Gasteiger partial charge on any atom is -0.477 e. The highest BCUT2D eigenvalue weighted by Gasteiger charge is 2.22. The number of benzene rings is 1. The van der Waals surface area contributed by atoms with E-state index in [1.807, 2.05) is 13.0 Å². The maximum atomic E-state index is 11.8. The van der Waals surface area contributed by atoms with Crippen molar-refractivity contribution in [3.8, 4) is 11.4 Å². The molecule has 7 heteroatoms. The zero-order valence-corrected chi connectivity index (χ0v) is 15.1. The number of aromatic nitrogens is 3. The van der Waals surface area contributed by atoms with Gasteiger partial charge in [0.25, 0.3) is 0 Å². The van der Waals surface area contributed by atoms with Crippen molar-refractivity contribution in [3.63, 3.8) is 0 Å². The van der Waals surface area contributed by atoms with Crippen LogP contribution in [0.25, 0.3) is 11.4 Å². The molecule has 0 amide bonds. The lowest BCUT2D eigenvalue weighted by Crippen LogP contribution is -2.12. The second-order valence-electron chi connectivity index (χ2n) is 5.75. The normalized spacial score (nSPS) is 10.9. The molecule has 0 aliphatic heterocycles. The summed E-state index contributed by atoms with van der Waals surface area (Å²) >= 11 is 12.3. The number of aryl methyl sites for hydroxylation is 2. The van der Waals surface area contributed by atoms with Gasteiger partial charge < -0.3 is 9.67 Å². The first-order chi connectivity index (χ1) is 11.9. The fourth-order valence-electron chi connectivity index (χ4n) is 2.73. The quantitative estimate of drug-likeness (QED) is 0.722. The third-order valence-electron chi connectivity index (χ3n) is 3.81. The van der Waals surface area contributed by atoms with Gasteiger partial charge in [-0.25, -0.2) is 9.78 Å². The molecule has 1 aromatic carbocycles. The fraction of sp³-hybridized carbons (Fsp3) is 0.167. The molecule has 0 saturated heterocycles. The largest absolute Gasteiger partial charge is 0.477 e. The molecule has 0 fully saturated rings. The number of carbonyl (C=O) groups is 1. The van der Waals surface area contributed by atoms with Crippen LogP contribution >= 0.6 is 23.2 Å². The zero-order valence-electron chi connectivity index (χ0n) is 13.6. The van der Waals surface area contributed by atoms with Crippen molar-refractivity contribution in [3.05, 3.63) is 69.2 Å². The van der Waals surface area contributed by atoms with E-state index in [0.717, 1.165) is 16.7 Å². The smallest absolute Gasteiger partial charge is 0.354 e. The molecular weight excluding hydrogens is 361 g/mol. The molecule has 0 radical (unpaired) electrons. The Hall–Kier alpha value is -2.37. The minimum atomic E-state index is -1.05.